The third-order valence-electron chi connectivity index (χ3n) is 4.50. The molecule has 0 saturated heterocycles. The molecule has 0 aromatic carbocycles. The lowest BCUT2D eigenvalue weighted by atomic mass is 9.75. The summed E-state index contributed by atoms with van der Waals surface area (Å²) in [5.41, 5.74) is 0.291. The summed E-state index contributed by atoms with van der Waals surface area (Å²) < 4.78 is 0. The Hall–Kier alpha value is -0.710. The monoisotopic (exact) mass is 294 g/mol. The minimum atomic E-state index is 0.255. The minimum Gasteiger partial charge on any atom is -0.302 e. The van der Waals surface area contributed by atoms with E-state index >= 15 is 0 Å². The highest BCUT2D eigenvalue weighted by molar-refractivity contribution is 7.14. The van der Waals surface area contributed by atoms with Crippen LogP contribution >= 0.6 is 11.3 Å². The van der Waals surface area contributed by atoms with Gasteiger partial charge in [-0.1, -0.05) is 6.92 Å². The molecule has 0 radical (unpaired) electrons. The van der Waals surface area contributed by atoms with Crippen molar-refractivity contribution in [2.24, 2.45) is 0 Å². The maximum absolute atomic E-state index is 12.3. The summed E-state index contributed by atoms with van der Waals surface area (Å²) in [6.07, 6.45) is 4.82. The molecule has 112 valence electrons. The fourth-order valence-corrected chi connectivity index (χ4v) is 3.81. The molecule has 0 atom stereocenters. The summed E-state index contributed by atoms with van der Waals surface area (Å²) in [6.45, 7) is 3.64. The number of rotatable bonds is 7. The molecule has 0 unspecified atom stereocenters. The zero-order chi connectivity index (χ0) is 14.8. The zero-order valence-electron chi connectivity index (χ0n) is 13.1. The number of thiophene rings is 1. The van der Waals surface area contributed by atoms with Crippen molar-refractivity contribution in [2.75, 3.05) is 34.2 Å². The Morgan fingerprint density at radius 2 is 2.00 bits per heavy atom. The zero-order valence-corrected chi connectivity index (χ0v) is 13.9. The smallest absolute Gasteiger partial charge is 0.186 e. The van der Waals surface area contributed by atoms with Gasteiger partial charge in [-0.2, -0.15) is 0 Å². The number of Topliss-reactive ketones (excluding diaryl/α,β-unsaturated/α-hetero) is 1. The van der Waals surface area contributed by atoms with E-state index in [9.17, 15) is 4.79 Å². The third-order valence-corrected chi connectivity index (χ3v) is 5.77. The molecule has 1 saturated carbocycles. The molecule has 1 fully saturated rings. The number of hydrogen-bond acceptors (Lipinski definition) is 4. The highest BCUT2D eigenvalue weighted by atomic mass is 32.1. The lowest BCUT2D eigenvalue weighted by Gasteiger charge is -2.49. The van der Waals surface area contributed by atoms with E-state index in [0.717, 1.165) is 17.8 Å². The average Bonchev–Trinajstić information content (AvgIpc) is 2.82. The van der Waals surface area contributed by atoms with Gasteiger partial charge in [0.25, 0.3) is 0 Å². The van der Waals surface area contributed by atoms with Crippen LogP contribution < -0.4 is 0 Å². The van der Waals surface area contributed by atoms with Gasteiger partial charge in [0.1, 0.15) is 0 Å². The molecule has 1 aliphatic rings. The number of aryl methyl sites for hydroxylation is 1. The van der Waals surface area contributed by atoms with Gasteiger partial charge in [-0.15, -0.1) is 11.3 Å². The largest absolute Gasteiger partial charge is 0.302 e. The highest BCUT2D eigenvalue weighted by Crippen LogP contribution is 2.36. The van der Waals surface area contributed by atoms with Crippen molar-refractivity contribution < 1.29 is 4.79 Å². The predicted octanol–water partition coefficient (Wildman–Crippen LogP) is 2.91. The number of carbonyl (C=O) groups is 1. The number of nitrogens with zero attached hydrogens (tertiary/aromatic N) is 2. The predicted molar refractivity (Wildman–Crippen MR) is 85.8 cm³/mol. The highest BCUT2D eigenvalue weighted by Gasteiger charge is 2.39. The second-order valence-electron chi connectivity index (χ2n) is 6.19. The van der Waals surface area contributed by atoms with Crippen LogP contribution in [0.1, 0.15) is 40.7 Å². The van der Waals surface area contributed by atoms with Gasteiger partial charge < -0.3 is 4.90 Å². The first-order valence-corrected chi connectivity index (χ1v) is 8.26. The Kier molecular flexibility index (Phi) is 4.99. The molecule has 0 aliphatic heterocycles. The molecule has 0 amide bonds. The van der Waals surface area contributed by atoms with E-state index in [-0.39, 0.29) is 5.78 Å². The standard InChI is InChI=1S/C16H26N2OS/c1-5-13-7-8-15(20-13)14(19)11-18(4)12-16(17(2)3)9-6-10-16/h7-8H,5-6,9-12H2,1-4H3. The maximum Gasteiger partial charge on any atom is 0.186 e. The molecule has 1 aromatic heterocycles. The Morgan fingerprint density at radius 3 is 2.45 bits per heavy atom. The van der Waals surface area contributed by atoms with Crippen LogP contribution in [-0.4, -0.2) is 55.4 Å². The fraction of sp³-hybridized carbons (Fsp3) is 0.688. The Morgan fingerprint density at radius 1 is 1.30 bits per heavy atom. The third kappa shape index (κ3) is 3.30. The van der Waals surface area contributed by atoms with Crippen LogP contribution in [0.4, 0.5) is 0 Å². The lowest BCUT2D eigenvalue weighted by Crippen LogP contribution is -2.57. The number of ketones is 1. The van der Waals surface area contributed by atoms with Gasteiger partial charge in [-0.05, 0) is 59.0 Å². The van der Waals surface area contributed by atoms with E-state index in [1.54, 1.807) is 11.3 Å². The van der Waals surface area contributed by atoms with E-state index in [1.165, 1.54) is 24.1 Å². The van der Waals surface area contributed by atoms with Crippen molar-refractivity contribution in [2.45, 2.75) is 38.1 Å². The van der Waals surface area contributed by atoms with E-state index in [2.05, 4.69) is 43.9 Å². The Balaban J connectivity index is 1.90. The summed E-state index contributed by atoms with van der Waals surface area (Å²) in [6, 6.07) is 4.05. The van der Waals surface area contributed by atoms with Crippen LogP contribution in [0.5, 0.6) is 0 Å². The lowest BCUT2D eigenvalue weighted by molar-refractivity contribution is 0.0281. The molecule has 2 rings (SSSR count). The van der Waals surface area contributed by atoms with Gasteiger partial charge in [0.05, 0.1) is 11.4 Å². The molecule has 3 nitrogen and oxygen atoms in total. The second kappa shape index (κ2) is 6.37. The topological polar surface area (TPSA) is 23.6 Å². The van der Waals surface area contributed by atoms with Gasteiger partial charge in [0.2, 0.25) is 0 Å². The van der Waals surface area contributed by atoms with Gasteiger partial charge in [-0.3, -0.25) is 9.69 Å². The molecular formula is C16H26N2OS. The van der Waals surface area contributed by atoms with E-state index < -0.39 is 0 Å². The van der Waals surface area contributed by atoms with Crippen LogP contribution in [0.15, 0.2) is 12.1 Å². The van der Waals surface area contributed by atoms with Gasteiger partial charge >= 0.3 is 0 Å². The summed E-state index contributed by atoms with van der Waals surface area (Å²) in [4.78, 5) is 19.0. The first kappa shape index (κ1) is 15.7. The Labute approximate surface area is 126 Å². The maximum atomic E-state index is 12.3. The van der Waals surface area contributed by atoms with Crippen molar-refractivity contribution in [1.29, 1.82) is 0 Å². The van der Waals surface area contributed by atoms with Crippen molar-refractivity contribution in [3.63, 3.8) is 0 Å². The number of likely N-dealkylation sites (N-methyl/N-ethyl adjacent to an activating group) is 2. The molecule has 0 spiro atoms. The molecule has 20 heavy (non-hydrogen) atoms. The van der Waals surface area contributed by atoms with Crippen molar-refractivity contribution in [1.82, 2.24) is 9.80 Å². The fourth-order valence-electron chi connectivity index (χ4n) is 2.93. The molecule has 1 aliphatic carbocycles. The first-order valence-electron chi connectivity index (χ1n) is 7.45. The molecule has 0 N–H and O–H groups in total. The van der Waals surface area contributed by atoms with Gasteiger partial charge in [-0.25, -0.2) is 0 Å². The first-order chi connectivity index (χ1) is 9.47. The van der Waals surface area contributed by atoms with Crippen molar-refractivity contribution in [3.8, 4) is 0 Å². The molecule has 4 heteroatoms. The van der Waals surface area contributed by atoms with E-state index in [1.807, 2.05) is 6.07 Å². The Bertz CT molecular complexity index is 463. The number of hydrogen-bond donors (Lipinski definition) is 0. The number of carbonyl (C=O) groups excluding carboxylic acids is 1. The van der Waals surface area contributed by atoms with Crippen LogP contribution in [-0.2, 0) is 6.42 Å². The van der Waals surface area contributed by atoms with Crippen LogP contribution in [0.2, 0.25) is 0 Å². The van der Waals surface area contributed by atoms with Crippen LogP contribution in [0.3, 0.4) is 0 Å². The summed E-state index contributed by atoms with van der Waals surface area (Å²) in [7, 11) is 6.37. The SMILES string of the molecule is CCc1ccc(C(=O)CN(C)CC2(N(C)C)CCC2)s1. The molecular weight excluding hydrogens is 268 g/mol. The minimum absolute atomic E-state index is 0.255. The van der Waals surface area contributed by atoms with E-state index in [0.29, 0.717) is 12.1 Å². The van der Waals surface area contributed by atoms with Crippen molar-refractivity contribution >= 4 is 17.1 Å². The normalized spacial score (nSPS) is 17.5. The van der Waals surface area contributed by atoms with Gasteiger partial charge in [0.15, 0.2) is 5.78 Å². The van der Waals surface area contributed by atoms with Crippen LogP contribution in [0, 0.1) is 0 Å². The molecule has 1 heterocycles. The van der Waals surface area contributed by atoms with Crippen molar-refractivity contribution in [3.05, 3.63) is 21.9 Å². The molecule has 1 aromatic rings. The quantitative estimate of drug-likeness (QED) is 0.722. The van der Waals surface area contributed by atoms with E-state index in [4.69, 9.17) is 0 Å². The summed E-state index contributed by atoms with van der Waals surface area (Å²) in [5.74, 6) is 0.255. The average molecular weight is 294 g/mol. The second-order valence-corrected chi connectivity index (χ2v) is 7.36. The summed E-state index contributed by atoms with van der Waals surface area (Å²) >= 11 is 1.64. The van der Waals surface area contributed by atoms with Gasteiger partial charge in [0, 0.05) is 17.0 Å². The summed E-state index contributed by atoms with van der Waals surface area (Å²) in [5, 5.41) is 0. The van der Waals surface area contributed by atoms with Crippen LogP contribution in [0.25, 0.3) is 0 Å². The molecule has 0 bridgehead atoms.